The number of hydrogen-bond donors (Lipinski definition) is 1. The number of hydrogen-bond acceptors (Lipinski definition) is 1. The summed E-state index contributed by atoms with van der Waals surface area (Å²) in [6.45, 7) is 5.46. The molecule has 1 N–H and O–H groups in total. The Morgan fingerprint density at radius 1 is 1.27 bits per heavy atom. The molecule has 1 nitrogen and oxygen atoms in total. The lowest BCUT2D eigenvalue weighted by Crippen LogP contribution is -2.44. The van der Waals surface area contributed by atoms with Crippen molar-refractivity contribution in [2.24, 2.45) is 0 Å². The van der Waals surface area contributed by atoms with E-state index in [1.807, 2.05) is 20.8 Å². The summed E-state index contributed by atoms with van der Waals surface area (Å²) in [7, 11) is 0. The quantitative estimate of drug-likeness (QED) is 0.713. The summed E-state index contributed by atoms with van der Waals surface area (Å²) in [5, 5.41) is 2.87. The Kier molecular flexibility index (Phi) is 3.87. The summed E-state index contributed by atoms with van der Waals surface area (Å²) >= 11 is 0. The van der Waals surface area contributed by atoms with Crippen LogP contribution in [0.25, 0.3) is 0 Å². The van der Waals surface area contributed by atoms with Crippen LogP contribution in [-0.2, 0) is 0 Å². The summed E-state index contributed by atoms with van der Waals surface area (Å²) < 4.78 is 27.4. The highest BCUT2D eigenvalue weighted by Crippen LogP contribution is 2.31. The average molecular weight is 217 g/mol. The maximum absolute atomic E-state index is 13.7. The molecular formula is C12H21F2N. The van der Waals surface area contributed by atoms with Gasteiger partial charge in [0.25, 0.3) is 5.92 Å². The fourth-order valence-electron chi connectivity index (χ4n) is 1.66. The van der Waals surface area contributed by atoms with Gasteiger partial charge in [-0.25, -0.2) is 8.78 Å². The lowest BCUT2D eigenvalue weighted by molar-refractivity contribution is 0.0304. The van der Waals surface area contributed by atoms with Crippen molar-refractivity contribution in [2.75, 3.05) is 6.54 Å². The van der Waals surface area contributed by atoms with Crippen LogP contribution in [0.2, 0.25) is 0 Å². The van der Waals surface area contributed by atoms with Crippen molar-refractivity contribution < 1.29 is 8.78 Å². The Morgan fingerprint density at radius 2 is 1.93 bits per heavy atom. The monoisotopic (exact) mass is 217 g/mol. The first kappa shape index (κ1) is 12.6. The van der Waals surface area contributed by atoms with Crippen molar-refractivity contribution in [1.29, 1.82) is 0 Å². The molecule has 0 atom stereocenters. The molecule has 0 aromatic heterocycles. The predicted molar refractivity (Wildman–Crippen MR) is 59.3 cm³/mol. The number of nitrogens with one attached hydrogen (secondary N) is 1. The van der Waals surface area contributed by atoms with Crippen molar-refractivity contribution in [3.05, 3.63) is 11.6 Å². The summed E-state index contributed by atoms with van der Waals surface area (Å²) in [6, 6.07) is 0. The second kappa shape index (κ2) is 4.60. The molecule has 0 unspecified atom stereocenters. The lowest BCUT2D eigenvalue weighted by Gasteiger charge is -2.28. The van der Waals surface area contributed by atoms with Gasteiger partial charge in [0.2, 0.25) is 0 Å². The van der Waals surface area contributed by atoms with E-state index in [0.29, 0.717) is 12.0 Å². The second-order valence-electron chi connectivity index (χ2n) is 5.28. The maximum Gasteiger partial charge on any atom is 0.281 e. The maximum atomic E-state index is 13.7. The van der Waals surface area contributed by atoms with Crippen LogP contribution in [-0.4, -0.2) is 18.0 Å². The molecule has 0 saturated carbocycles. The van der Waals surface area contributed by atoms with E-state index in [-0.39, 0.29) is 12.1 Å². The number of rotatable bonds is 3. The molecule has 0 aliphatic heterocycles. The predicted octanol–water partition coefficient (Wildman–Crippen LogP) is 3.51. The highest BCUT2D eigenvalue weighted by Gasteiger charge is 2.34. The van der Waals surface area contributed by atoms with Crippen molar-refractivity contribution >= 4 is 0 Å². The van der Waals surface area contributed by atoms with Crippen LogP contribution in [0.15, 0.2) is 11.6 Å². The van der Waals surface area contributed by atoms with Gasteiger partial charge in [0.15, 0.2) is 0 Å². The third kappa shape index (κ3) is 4.29. The standard InChI is InChI=1S/C12H21F2N/c1-11(2,3)15-9-12(13,14)10-7-5-4-6-8-10/h7,15H,4-6,8-9H2,1-3H3. The van der Waals surface area contributed by atoms with E-state index in [1.54, 1.807) is 6.08 Å². The SMILES string of the molecule is CC(C)(C)NCC(F)(F)C1=CCCCC1. The highest BCUT2D eigenvalue weighted by molar-refractivity contribution is 5.15. The van der Waals surface area contributed by atoms with Gasteiger partial charge in [-0.3, -0.25) is 0 Å². The molecule has 0 radical (unpaired) electrons. The Labute approximate surface area is 90.9 Å². The van der Waals surface area contributed by atoms with Gasteiger partial charge < -0.3 is 5.32 Å². The molecule has 0 fully saturated rings. The molecule has 1 aliphatic carbocycles. The first-order chi connectivity index (χ1) is 6.81. The Hall–Kier alpha value is -0.440. The number of alkyl halides is 2. The minimum absolute atomic E-state index is 0.248. The van der Waals surface area contributed by atoms with Crippen LogP contribution in [0.1, 0.15) is 46.5 Å². The van der Waals surface area contributed by atoms with Crippen LogP contribution >= 0.6 is 0 Å². The third-order valence-electron chi connectivity index (χ3n) is 2.60. The van der Waals surface area contributed by atoms with Gasteiger partial charge in [-0.15, -0.1) is 0 Å². The molecule has 0 amide bonds. The van der Waals surface area contributed by atoms with E-state index in [1.165, 1.54) is 0 Å². The molecule has 0 bridgehead atoms. The van der Waals surface area contributed by atoms with Crippen LogP contribution in [0, 0.1) is 0 Å². The van der Waals surface area contributed by atoms with Crippen molar-refractivity contribution in [2.45, 2.75) is 57.9 Å². The van der Waals surface area contributed by atoms with E-state index in [0.717, 1.165) is 19.3 Å². The van der Waals surface area contributed by atoms with E-state index in [4.69, 9.17) is 0 Å². The van der Waals surface area contributed by atoms with E-state index in [2.05, 4.69) is 5.32 Å². The Morgan fingerprint density at radius 3 is 2.40 bits per heavy atom. The van der Waals surface area contributed by atoms with Gasteiger partial charge in [-0.05, 0) is 52.0 Å². The largest absolute Gasteiger partial charge is 0.306 e. The summed E-state index contributed by atoms with van der Waals surface area (Å²) in [4.78, 5) is 0. The highest BCUT2D eigenvalue weighted by atomic mass is 19.3. The number of allylic oxidation sites excluding steroid dienone is 1. The zero-order chi connectivity index (χ0) is 11.5. The average Bonchev–Trinajstić information content (AvgIpc) is 2.16. The normalized spacial score (nSPS) is 18.9. The van der Waals surface area contributed by atoms with Crippen molar-refractivity contribution in [1.82, 2.24) is 5.32 Å². The zero-order valence-corrected chi connectivity index (χ0v) is 9.87. The second-order valence-corrected chi connectivity index (χ2v) is 5.28. The molecule has 1 rings (SSSR count). The van der Waals surface area contributed by atoms with Crippen LogP contribution < -0.4 is 5.32 Å². The Balaban J connectivity index is 2.54. The summed E-state index contributed by atoms with van der Waals surface area (Å²) in [5.74, 6) is -2.67. The molecule has 0 aromatic rings. The van der Waals surface area contributed by atoms with Gasteiger partial charge in [0.1, 0.15) is 0 Å². The van der Waals surface area contributed by atoms with Crippen LogP contribution in [0.3, 0.4) is 0 Å². The van der Waals surface area contributed by atoms with Gasteiger partial charge in [0.05, 0.1) is 6.54 Å². The zero-order valence-electron chi connectivity index (χ0n) is 9.87. The van der Waals surface area contributed by atoms with E-state index >= 15 is 0 Å². The van der Waals surface area contributed by atoms with Crippen LogP contribution in [0.5, 0.6) is 0 Å². The van der Waals surface area contributed by atoms with E-state index in [9.17, 15) is 8.78 Å². The summed E-state index contributed by atoms with van der Waals surface area (Å²) in [5.41, 5.74) is 0.0732. The topological polar surface area (TPSA) is 12.0 Å². The van der Waals surface area contributed by atoms with Gasteiger partial charge in [-0.2, -0.15) is 0 Å². The molecule has 88 valence electrons. The Bertz CT molecular complexity index is 238. The molecule has 0 saturated heterocycles. The fourth-order valence-corrected chi connectivity index (χ4v) is 1.66. The molecule has 0 spiro atoms. The van der Waals surface area contributed by atoms with E-state index < -0.39 is 5.92 Å². The van der Waals surface area contributed by atoms with Crippen molar-refractivity contribution in [3.63, 3.8) is 0 Å². The minimum Gasteiger partial charge on any atom is -0.306 e. The van der Waals surface area contributed by atoms with Gasteiger partial charge >= 0.3 is 0 Å². The molecule has 3 heteroatoms. The molecule has 1 aliphatic rings. The molecule has 0 heterocycles. The molecule has 15 heavy (non-hydrogen) atoms. The summed E-state index contributed by atoms with van der Waals surface area (Å²) in [6.07, 6.45) is 5.02. The third-order valence-corrected chi connectivity index (χ3v) is 2.60. The smallest absolute Gasteiger partial charge is 0.281 e. The molecular weight excluding hydrogens is 196 g/mol. The molecule has 0 aromatic carbocycles. The van der Waals surface area contributed by atoms with Crippen molar-refractivity contribution in [3.8, 4) is 0 Å². The minimum atomic E-state index is -2.67. The lowest BCUT2D eigenvalue weighted by atomic mass is 9.94. The fraction of sp³-hybridized carbons (Fsp3) is 0.833. The first-order valence-electron chi connectivity index (χ1n) is 5.64. The van der Waals surface area contributed by atoms with Gasteiger partial charge in [0, 0.05) is 5.54 Å². The van der Waals surface area contributed by atoms with Gasteiger partial charge in [-0.1, -0.05) is 6.08 Å². The van der Waals surface area contributed by atoms with Crippen LogP contribution in [0.4, 0.5) is 8.78 Å². The number of halogens is 2. The first-order valence-corrected chi connectivity index (χ1v) is 5.64.